The first-order valence-electron chi connectivity index (χ1n) is 8.68. The smallest absolute Gasteiger partial charge is 0.256 e. The van der Waals surface area contributed by atoms with Crippen molar-refractivity contribution in [2.75, 3.05) is 45.8 Å². The fraction of sp³-hybridized carbons (Fsp3) is 0.556. The predicted molar refractivity (Wildman–Crippen MR) is 93.9 cm³/mol. The first kappa shape index (κ1) is 17.1. The number of hydrazone groups is 1. The molecule has 1 saturated heterocycles. The summed E-state index contributed by atoms with van der Waals surface area (Å²) in [5.74, 6) is 0.0740. The van der Waals surface area contributed by atoms with Crippen LogP contribution in [-0.2, 0) is 4.79 Å². The molecule has 1 aromatic rings. The molecule has 2 heterocycles. The summed E-state index contributed by atoms with van der Waals surface area (Å²) in [6.07, 6.45) is 0.520. The molecule has 0 bridgehead atoms. The van der Waals surface area contributed by atoms with Crippen molar-refractivity contribution in [3.8, 4) is 0 Å². The number of aliphatic hydroxyl groups is 1. The molecule has 0 aromatic heterocycles. The van der Waals surface area contributed by atoms with E-state index >= 15 is 0 Å². The third-order valence-corrected chi connectivity index (χ3v) is 4.54. The third-order valence-electron chi connectivity index (χ3n) is 4.54. The van der Waals surface area contributed by atoms with Gasteiger partial charge in [-0.1, -0.05) is 30.3 Å². The van der Waals surface area contributed by atoms with Gasteiger partial charge in [-0.25, -0.2) is 5.01 Å². The molecule has 1 N–H and O–H groups in total. The summed E-state index contributed by atoms with van der Waals surface area (Å²) in [7, 11) is 0. The van der Waals surface area contributed by atoms with Crippen molar-refractivity contribution in [3.05, 3.63) is 35.9 Å². The zero-order valence-corrected chi connectivity index (χ0v) is 14.3. The number of hydrogen-bond acceptors (Lipinski definition) is 5. The molecule has 0 saturated carbocycles. The minimum absolute atomic E-state index is 0.0740. The van der Waals surface area contributed by atoms with Crippen LogP contribution in [0.25, 0.3) is 0 Å². The number of aliphatic hydroxyl groups excluding tert-OH is 1. The van der Waals surface area contributed by atoms with Gasteiger partial charge < -0.3 is 5.11 Å². The van der Waals surface area contributed by atoms with Crippen LogP contribution in [0.5, 0.6) is 0 Å². The molecule has 0 aliphatic carbocycles. The Hall–Kier alpha value is -1.76. The second kappa shape index (κ2) is 7.88. The monoisotopic (exact) mass is 330 g/mol. The van der Waals surface area contributed by atoms with Crippen molar-refractivity contribution in [1.29, 1.82) is 0 Å². The molecule has 2 aliphatic rings. The lowest BCUT2D eigenvalue weighted by Crippen LogP contribution is -2.50. The molecule has 3 rings (SSSR count). The first-order valence-corrected chi connectivity index (χ1v) is 8.68. The number of carbonyl (C=O) groups excluding carboxylic acids is 1. The number of piperazine rings is 1. The highest BCUT2D eigenvalue weighted by molar-refractivity contribution is 6.02. The first-order chi connectivity index (χ1) is 11.6. The normalized spacial score (nSPS) is 20.9. The number of rotatable bonds is 5. The topological polar surface area (TPSA) is 59.4 Å². The zero-order chi connectivity index (χ0) is 16.9. The van der Waals surface area contributed by atoms with E-state index in [4.69, 9.17) is 0 Å². The number of benzene rings is 1. The molecule has 0 radical (unpaired) electrons. The molecule has 6 nitrogen and oxygen atoms in total. The molecular formula is C18H26N4O2. The van der Waals surface area contributed by atoms with Gasteiger partial charge in [0.15, 0.2) is 0 Å². The Balaban J connectivity index is 1.49. The second-order valence-electron chi connectivity index (χ2n) is 6.61. The summed E-state index contributed by atoms with van der Waals surface area (Å²) < 4.78 is 0. The van der Waals surface area contributed by atoms with Gasteiger partial charge in [0.25, 0.3) is 5.91 Å². The molecular weight excluding hydrogens is 304 g/mol. The van der Waals surface area contributed by atoms with Crippen LogP contribution in [0.3, 0.4) is 0 Å². The molecule has 1 amide bonds. The Bertz CT molecular complexity index is 580. The lowest BCUT2D eigenvalue weighted by atomic mass is 10.1. The summed E-state index contributed by atoms with van der Waals surface area (Å²) in [6.45, 7) is 7.14. The van der Waals surface area contributed by atoms with Gasteiger partial charge in [-0.05, 0) is 12.5 Å². The van der Waals surface area contributed by atoms with Gasteiger partial charge in [-0.15, -0.1) is 0 Å². The summed E-state index contributed by atoms with van der Waals surface area (Å²) in [6, 6.07) is 10.0. The lowest BCUT2D eigenvalue weighted by molar-refractivity contribution is -0.132. The largest absolute Gasteiger partial charge is 0.392 e. The maximum absolute atomic E-state index is 12.5. The number of amides is 1. The maximum atomic E-state index is 12.5. The molecule has 1 fully saturated rings. The standard InChI is InChI=1S/C18H26N4O2/c1-15(23)13-20-9-11-21(12-10-20)14-18(24)22-8-7-17(19-22)16-5-3-2-4-6-16/h2-6,15,23H,7-14H2,1H3/t15-/m0/s1. The van der Waals surface area contributed by atoms with E-state index in [1.807, 2.05) is 37.3 Å². The number of hydrogen-bond donors (Lipinski definition) is 1. The Morgan fingerprint density at radius 1 is 1.12 bits per heavy atom. The average Bonchev–Trinajstić information content (AvgIpc) is 3.07. The van der Waals surface area contributed by atoms with Crippen molar-refractivity contribution in [2.45, 2.75) is 19.4 Å². The minimum Gasteiger partial charge on any atom is -0.392 e. The van der Waals surface area contributed by atoms with Gasteiger partial charge >= 0.3 is 0 Å². The number of carbonyl (C=O) groups is 1. The van der Waals surface area contributed by atoms with Gasteiger partial charge in [0.05, 0.1) is 24.9 Å². The zero-order valence-electron chi connectivity index (χ0n) is 14.3. The summed E-state index contributed by atoms with van der Waals surface area (Å²) in [5.41, 5.74) is 2.09. The van der Waals surface area contributed by atoms with Crippen molar-refractivity contribution >= 4 is 11.6 Å². The highest BCUT2D eigenvalue weighted by atomic mass is 16.3. The van der Waals surface area contributed by atoms with E-state index in [2.05, 4.69) is 14.9 Å². The molecule has 130 valence electrons. The van der Waals surface area contributed by atoms with Gasteiger partial charge in [-0.3, -0.25) is 14.6 Å². The number of β-amino-alcohol motifs (C(OH)–C–C–N with tert-alkyl or cyclic N) is 1. The molecule has 2 aliphatic heterocycles. The van der Waals surface area contributed by atoms with Crippen LogP contribution in [0.1, 0.15) is 18.9 Å². The van der Waals surface area contributed by atoms with E-state index in [0.717, 1.165) is 43.9 Å². The fourth-order valence-corrected chi connectivity index (χ4v) is 3.25. The summed E-state index contributed by atoms with van der Waals surface area (Å²) >= 11 is 0. The van der Waals surface area contributed by atoms with Crippen LogP contribution in [0, 0.1) is 0 Å². The van der Waals surface area contributed by atoms with Crippen LogP contribution in [0.4, 0.5) is 0 Å². The van der Waals surface area contributed by atoms with E-state index in [1.165, 1.54) is 0 Å². The fourth-order valence-electron chi connectivity index (χ4n) is 3.25. The Kier molecular flexibility index (Phi) is 5.60. The SMILES string of the molecule is C[C@H](O)CN1CCN(CC(=O)N2CCC(c3ccccc3)=N2)CC1. The highest BCUT2D eigenvalue weighted by Gasteiger charge is 2.25. The predicted octanol–water partition coefficient (Wildman–Crippen LogP) is 0.621. The quantitative estimate of drug-likeness (QED) is 0.860. The van der Waals surface area contributed by atoms with Gasteiger partial charge in [0.1, 0.15) is 0 Å². The van der Waals surface area contributed by atoms with Crippen LogP contribution < -0.4 is 0 Å². The summed E-state index contributed by atoms with van der Waals surface area (Å²) in [5, 5.41) is 15.6. The molecule has 24 heavy (non-hydrogen) atoms. The van der Waals surface area contributed by atoms with Crippen LogP contribution in [0.15, 0.2) is 35.4 Å². The van der Waals surface area contributed by atoms with Gasteiger partial charge in [-0.2, -0.15) is 5.10 Å². The van der Waals surface area contributed by atoms with Crippen molar-refractivity contribution in [2.24, 2.45) is 5.10 Å². The highest BCUT2D eigenvalue weighted by Crippen LogP contribution is 2.14. The van der Waals surface area contributed by atoms with E-state index in [9.17, 15) is 9.90 Å². The van der Waals surface area contributed by atoms with E-state index in [-0.39, 0.29) is 12.0 Å². The second-order valence-corrected chi connectivity index (χ2v) is 6.61. The lowest BCUT2D eigenvalue weighted by Gasteiger charge is -2.35. The molecule has 0 spiro atoms. The van der Waals surface area contributed by atoms with Crippen molar-refractivity contribution < 1.29 is 9.90 Å². The van der Waals surface area contributed by atoms with Gasteiger partial charge in [0, 0.05) is 39.1 Å². The Labute approximate surface area is 143 Å². The van der Waals surface area contributed by atoms with Crippen molar-refractivity contribution in [1.82, 2.24) is 14.8 Å². The van der Waals surface area contributed by atoms with E-state index < -0.39 is 0 Å². The van der Waals surface area contributed by atoms with Crippen LogP contribution >= 0.6 is 0 Å². The third kappa shape index (κ3) is 4.41. The molecule has 0 unspecified atom stereocenters. The van der Waals surface area contributed by atoms with E-state index in [1.54, 1.807) is 5.01 Å². The number of nitrogens with zero attached hydrogens (tertiary/aromatic N) is 4. The Morgan fingerprint density at radius 2 is 1.79 bits per heavy atom. The van der Waals surface area contributed by atoms with Crippen LogP contribution in [0.2, 0.25) is 0 Å². The average molecular weight is 330 g/mol. The molecule has 6 heteroatoms. The maximum Gasteiger partial charge on any atom is 0.256 e. The van der Waals surface area contributed by atoms with E-state index in [0.29, 0.717) is 19.6 Å². The molecule has 1 atom stereocenters. The summed E-state index contributed by atoms with van der Waals surface area (Å²) in [4.78, 5) is 16.9. The molecule has 1 aromatic carbocycles. The van der Waals surface area contributed by atoms with Crippen LogP contribution in [-0.4, -0.2) is 83.5 Å². The van der Waals surface area contributed by atoms with Gasteiger partial charge in [0.2, 0.25) is 0 Å². The van der Waals surface area contributed by atoms with Crippen molar-refractivity contribution in [3.63, 3.8) is 0 Å². The minimum atomic E-state index is -0.298. The Morgan fingerprint density at radius 3 is 2.46 bits per heavy atom.